The summed E-state index contributed by atoms with van der Waals surface area (Å²) >= 11 is 0. The summed E-state index contributed by atoms with van der Waals surface area (Å²) in [5.41, 5.74) is 2.45. The third-order valence-corrected chi connectivity index (χ3v) is 5.07. The topological polar surface area (TPSA) is 21.7 Å². The molecule has 3 nitrogen and oxygen atoms in total. The van der Waals surface area contributed by atoms with Gasteiger partial charge >= 0.3 is 0 Å². The van der Waals surface area contributed by atoms with Crippen molar-refractivity contribution < 1.29 is 9.57 Å². The molecule has 0 aliphatic carbocycles. The van der Waals surface area contributed by atoms with Crippen LogP contribution in [0, 0.1) is 0 Å². The fourth-order valence-corrected chi connectivity index (χ4v) is 2.94. The van der Waals surface area contributed by atoms with Crippen LogP contribution in [-0.4, -0.2) is 24.8 Å². The Hall–Kier alpha value is -2.00. The minimum Gasteiger partial charge on any atom is -0.490 e. The molecule has 0 fully saturated rings. The highest BCUT2D eigenvalue weighted by atomic mass is 16.7. The molecule has 0 aliphatic rings. The predicted octanol–water partition coefficient (Wildman–Crippen LogP) is 5.83. The van der Waals surface area contributed by atoms with Gasteiger partial charge in [-0.25, -0.2) is 0 Å². The Morgan fingerprint density at radius 2 is 1.27 bits per heavy atom. The average Bonchev–Trinajstić information content (AvgIpc) is 2.66. The summed E-state index contributed by atoms with van der Waals surface area (Å²) in [4.78, 5) is 5.73. The number of rotatable bonds is 9. The molecule has 0 atom stereocenters. The van der Waals surface area contributed by atoms with Crippen LogP contribution in [0.25, 0.3) is 0 Å². The van der Waals surface area contributed by atoms with E-state index in [2.05, 4.69) is 71.0 Å². The molecule has 142 valence electrons. The highest BCUT2D eigenvalue weighted by Gasteiger charge is 2.23. The van der Waals surface area contributed by atoms with Crippen molar-refractivity contribution in [3.05, 3.63) is 59.7 Å². The lowest BCUT2D eigenvalue weighted by Gasteiger charge is -2.27. The van der Waals surface area contributed by atoms with Crippen LogP contribution in [0.5, 0.6) is 11.5 Å². The smallest absolute Gasteiger partial charge is 0.147 e. The zero-order chi connectivity index (χ0) is 19.2. The van der Waals surface area contributed by atoms with Crippen molar-refractivity contribution >= 4 is 0 Å². The van der Waals surface area contributed by atoms with Crippen LogP contribution < -0.4 is 9.57 Å². The summed E-state index contributed by atoms with van der Waals surface area (Å²) in [5, 5.41) is 1.82. The van der Waals surface area contributed by atoms with E-state index in [1.807, 2.05) is 24.2 Å². The number of hydrogen-bond donors (Lipinski definition) is 0. The zero-order valence-corrected chi connectivity index (χ0v) is 17.1. The molecule has 0 heterocycles. The minimum atomic E-state index is -0.0807. The molecule has 0 spiro atoms. The van der Waals surface area contributed by atoms with Crippen LogP contribution in [0.15, 0.2) is 48.5 Å². The van der Waals surface area contributed by atoms with Crippen molar-refractivity contribution in [1.29, 1.82) is 0 Å². The van der Waals surface area contributed by atoms with E-state index in [1.165, 1.54) is 11.1 Å². The van der Waals surface area contributed by atoms with Gasteiger partial charge in [-0.3, -0.25) is 0 Å². The van der Waals surface area contributed by atoms with E-state index in [0.717, 1.165) is 30.9 Å². The first-order valence-electron chi connectivity index (χ1n) is 9.67. The molecule has 0 saturated carbocycles. The molecule has 0 radical (unpaired) electrons. The molecule has 0 saturated heterocycles. The second-order valence-corrected chi connectivity index (χ2v) is 7.27. The normalized spacial score (nSPS) is 11.8. The van der Waals surface area contributed by atoms with Gasteiger partial charge in [-0.2, -0.15) is 0 Å². The molecule has 26 heavy (non-hydrogen) atoms. The highest BCUT2D eigenvalue weighted by molar-refractivity contribution is 5.41. The van der Waals surface area contributed by atoms with Crippen molar-refractivity contribution in [3.8, 4) is 11.5 Å². The lowest BCUT2D eigenvalue weighted by molar-refractivity contribution is -0.0263. The minimum absolute atomic E-state index is 0.0807. The molecule has 0 aromatic heterocycles. The predicted molar refractivity (Wildman–Crippen MR) is 109 cm³/mol. The fourth-order valence-electron chi connectivity index (χ4n) is 2.94. The van der Waals surface area contributed by atoms with Crippen LogP contribution in [0.3, 0.4) is 0 Å². The first-order valence-corrected chi connectivity index (χ1v) is 9.67. The molecule has 0 amide bonds. The maximum atomic E-state index is 6.03. The van der Waals surface area contributed by atoms with Gasteiger partial charge in [0.05, 0.1) is 6.10 Å². The van der Waals surface area contributed by atoms with Gasteiger partial charge in [0.1, 0.15) is 11.5 Å². The Kier molecular flexibility index (Phi) is 7.10. The number of ether oxygens (including phenoxy) is 1. The first kappa shape index (κ1) is 20.3. The van der Waals surface area contributed by atoms with Crippen molar-refractivity contribution in [2.45, 2.75) is 59.0 Å². The van der Waals surface area contributed by atoms with Gasteiger partial charge in [0, 0.05) is 19.0 Å². The molecule has 3 heteroatoms. The molecule has 0 aliphatic heterocycles. The first-order chi connectivity index (χ1) is 12.4. The largest absolute Gasteiger partial charge is 0.490 e. The highest BCUT2D eigenvalue weighted by Crippen LogP contribution is 2.33. The van der Waals surface area contributed by atoms with Gasteiger partial charge in [-0.15, -0.1) is 5.06 Å². The number of nitrogens with zero attached hydrogens (tertiary/aromatic N) is 1. The van der Waals surface area contributed by atoms with Crippen LogP contribution in [-0.2, 0) is 5.41 Å². The van der Waals surface area contributed by atoms with Crippen molar-refractivity contribution in [2.75, 3.05) is 13.6 Å². The molecular formula is C23H33NO2. The Labute approximate surface area is 158 Å². The lowest BCUT2D eigenvalue weighted by atomic mass is 9.78. The molecule has 0 N–H and O–H groups in total. The Balaban J connectivity index is 2.13. The van der Waals surface area contributed by atoms with E-state index >= 15 is 0 Å². The third-order valence-electron chi connectivity index (χ3n) is 5.07. The molecule has 0 bridgehead atoms. The molecule has 0 unspecified atom stereocenters. The van der Waals surface area contributed by atoms with E-state index in [-0.39, 0.29) is 5.41 Å². The van der Waals surface area contributed by atoms with Crippen LogP contribution in [0.4, 0.5) is 0 Å². The van der Waals surface area contributed by atoms with Gasteiger partial charge in [-0.05, 0) is 55.2 Å². The van der Waals surface area contributed by atoms with Crippen LogP contribution >= 0.6 is 0 Å². The second kappa shape index (κ2) is 9.09. The second-order valence-electron chi connectivity index (χ2n) is 7.27. The van der Waals surface area contributed by atoms with Crippen molar-refractivity contribution in [3.63, 3.8) is 0 Å². The van der Waals surface area contributed by atoms with Gasteiger partial charge in [0.15, 0.2) is 0 Å². The van der Waals surface area contributed by atoms with Crippen molar-refractivity contribution in [1.82, 2.24) is 5.06 Å². The summed E-state index contributed by atoms with van der Waals surface area (Å²) < 4.78 is 6.03. The zero-order valence-electron chi connectivity index (χ0n) is 17.1. The number of hydrogen-bond acceptors (Lipinski definition) is 3. The fraction of sp³-hybridized carbons (Fsp3) is 0.478. The van der Waals surface area contributed by atoms with E-state index in [0.29, 0.717) is 6.10 Å². The standard InChI is InChI=1S/C23H33NO2/c1-7-20(8-2)25-21-14-10-18(11-15-21)23(4,5)19-12-16-22(17-13-19)26-24(6)9-3/h10-17,20H,7-9H2,1-6H3. The summed E-state index contributed by atoms with van der Waals surface area (Å²) in [6, 6.07) is 16.9. The van der Waals surface area contributed by atoms with Crippen molar-refractivity contribution in [2.24, 2.45) is 0 Å². The number of benzene rings is 2. The Morgan fingerprint density at radius 1 is 0.808 bits per heavy atom. The van der Waals surface area contributed by atoms with Gasteiger partial charge in [-0.1, -0.05) is 52.0 Å². The lowest BCUT2D eigenvalue weighted by Crippen LogP contribution is -2.22. The van der Waals surface area contributed by atoms with Crippen LogP contribution in [0.1, 0.15) is 58.6 Å². The van der Waals surface area contributed by atoms with E-state index < -0.39 is 0 Å². The monoisotopic (exact) mass is 355 g/mol. The summed E-state index contributed by atoms with van der Waals surface area (Å²) in [7, 11) is 1.93. The average molecular weight is 356 g/mol. The van der Waals surface area contributed by atoms with Gasteiger partial charge in [0.25, 0.3) is 0 Å². The SMILES string of the molecule is CCC(CC)Oc1ccc(C(C)(C)c2ccc(ON(C)CC)cc2)cc1. The molecule has 2 aromatic rings. The van der Waals surface area contributed by atoms with Gasteiger partial charge < -0.3 is 9.57 Å². The molecular weight excluding hydrogens is 322 g/mol. The maximum absolute atomic E-state index is 6.03. The molecule has 2 aromatic carbocycles. The van der Waals surface area contributed by atoms with Gasteiger partial charge in [0.2, 0.25) is 0 Å². The Bertz CT molecular complexity index is 658. The molecule has 2 rings (SSSR count). The third kappa shape index (κ3) is 5.01. The van der Waals surface area contributed by atoms with E-state index in [4.69, 9.17) is 9.57 Å². The summed E-state index contributed by atoms with van der Waals surface area (Å²) in [6.45, 7) is 11.7. The van der Waals surface area contributed by atoms with E-state index in [1.54, 1.807) is 0 Å². The summed E-state index contributed by atoms with van der Waals surface area (Å²) in [6.07, 6.45) is 2.36. The van der Waals surface area contributed by atoms with E-state index in [9.17, 15) is 0 Å². The maximum Gasteiger partial charge on any atom is 0.147 e. The van der Waals surface area contributed by atoms with Crippen LogP contribution in [0.2, 0.25) is 0 Å². The number of hydroxylamine groups is 2. The quantitative estimate of drug-likeness (QED) is 0.529. The Morgan fingerprint density at radius 3 is 1.69 bits per heavy atom. The summed E-state index contributed by atoms with van der Waals surface area (Å²) in [5.74, 6) is 1.81.